The van der Waals surface area contributed by atoms with Crippen molar-refractivity contribution < 1.29 is 13.2 Å². The van der Waals surface area contributed by atoms with Crippen molar-refractivity contribution in [3.05, 3.63) is 40.1 Å². The molecule has 0 amide bonds. The van der Waals surface area contributed by atoms with E-state index < -0.39 is 11.7 Å². The highest BCUT2D eigenvalue weighted by Crippen LogP contribution is 2.58. The van der Waals surface area contributed by atoms with E-state index in [4.69, 9.17) is 0 Å². The van der Waals surface area contributed by atoms with E-state index in [1.807, 2.05) is 11.8 Å². The summed E-state index contributed by atoms with van der Waals surface area (Å²) in [7, 11) is 2.13. The summed E-state index contributed by atoms with van der Waals surface area (Å²) in [6.45, 7) is 5.20. The van der Waals surface area contributed by atoms with Crippen molar-refractivity contribution in [2.45, 2.75) is 88.1 Å². The number of imidazole rings is 1. The van der Waals surface area contributed by atoms with Crippen LogP contribution >= 0.6 is 11.8 Å². The first kappa shape index (κ1) is 28.2. The Bertz CT molecular complexity index is 1340. The largest absolute Gasteiger partial charge is 0.418 e. The third kappa shape index (κ3) is 4.96. The van der Waals surface area contributed by atoms with Gasteiger partial charge in [-0.2, -0.15) is 13.2 Å². The van der Waals surface area contributed by atoms with E-state index in [9.17, 15) is 18.0 Å². The van der Waals surface area contributed by atoms with Crippen LogP contribution in [0, 0.1) is 17.3 Å². The molecule has 3 saturated heterocycles. The van der Waals surface area contributed by atoms with Gasteiger partial charge in [-0.05, 0) is 69.0 Å². The number of likely N-dealkylation sites (tertiary alicyclic amines) is 1. The second kappa shape index (κ2) is 10.6. The molecule has 5 aliphatic rings. The van der Waals surface area contributed by atoms with Gasteiger partial charge in [-0.15, -0.1) is 11.8 Å². The number of thioether (sulfide) groups is 1. The first-order chi connectivity index (χ1) is 19.6. The standard InChI is InChI=1S/C29H42F3N7OS/c1-18-10-28(11-18,26-35-34-16-36(26)2)20-4-3-5-21(9-20)38-14-24-22(29(30,31)32)8-19(13-39(24)27(38)40)12-37-7-6-23-25(15-37)41-17-33-23/h8,13-14,18,20-21,23,25-26,33-35H,3-7,9-12,15-17H2,1-2H3. The monoisotopic (exact) mass is 593 g/mol. The summed E-state index contributed by atoms with van der Waals surface area (Å²) in [6, 6.07) is 1.67. The Labute approximate surface area is 243 Å². The van der Waals surface area contributed by atoms with Crippen LogP contribution in [0.4, 0.5) is 13.2 Å². The summed E-state index contributed by atoms with van der Waals surface area (Å²) >= 11 is 1.89. The molecule has 8 nitrogen and oxygen atoms in total. The fourth-order valence-electron chi connectivity index (χ4n) is 8.89. The number of nitrogens with one attached hydrogen (secondary N) is 3. The van der Waals surface area contributed by atoms with Crippen LogP contribution in [0.5, 0.6) is 0 Å². The topological polar surface area (TPSA) is 69.0 Å². The summed E-state index contributed by atoms with van der Waals surface area (Å²) in [5.41, 5.74) is 6.36. The van der Waals surface area contributed by atoms with E-state index >= 15 is 0 Å². The Kier molecular flexibility index (Phi) is 7.26. The van der Waals surface area contributed by atoms with Crippen molar-refractivity contribution in [2.75, 3.05) is 32.7 Å². The number of piperidine rings is 1. The van der Waals surface area contributed by atoms with Gasteiger partial charge in [0, 0.05) is 60.7 Å². The van der Waals surface area contributed by atoms with Gasteiger partial charge in [0.2, 0.25) is 0 Å². The zero-order valence-electron chi connectivity index (χ0n) is 23.9. The Morgan fingerprint density at radius 1 is 1.17 bits per heavy atom. The lowest BCUT2D eigenvalue weighted by Crippen LogP contribution is -2.60. The molecule has 7 rings (SSSR count). The Morgan fingerprint density at radius 2 is 2.00 bits per heavy atom. The summed E-state index contributed by atoms with van der Waals surface area (Å²) in [5.74, 6) is 2.01. The van der Waals surface area contributed by atoms with E-state index in [0.29, 0.717) is 35.2 Å². The molecule has 0 bridgehead atoms. The third-order valence-electron chi connectivity index (χ3n) is 10.7. The molecule has 2 saturated carbocycles. The van der Waals surface area contributed by atoms with Crippen molar-refractivity contribution in [1.29, 1.82) is 0 Å². The van der Waals surface area contributed by atoms with E-state index in [-0.39, 0.29) is 28.8 Å². The molecule has 0 spiro atoms. The van der Waals surface area contributed by atoms with E-state index in [0.717, 1.165) is 70.6 Å². The van der Waals surface area contributed by atoms with Crippen LogP contribution in [-0.2, 0) is 12.7 Å². The molecule has 0 aromatic carbocycles. The van der Waals surface area contributed by atoms with Crippen LogP contribution in [0.1, 0.15) is 69.0 Å². The number of rotatable bonds is 5. The number of fused-ring (bicyclic) bond motifs is 2. The minimum absolute atomic E-state index is 0.0315. The zero-order chi connectivity index (χ0) is 28.5. The molecule has 2 aliphatic carbocycles. The first-order valence-electron chi connectivity index (χ1n) is 15.2. The quantitative estimate of drug-likeness (QED) is 0.487. The number of hydrogen-bond donors (Lipinski definition) is 3. The van der Waals surface area contributed by atoms with Crippen LogP contribution in [0.3, 0.4) is 0 Å². The third-order valence-corrected chi connectivity index (χ3v) is 11.9. The van der Waals surface area contributed by atoms with Gasteiger partial charge >= 0.3 is 11.9 Å². The lowest BCUT2D eigenvalue weighted by atomic mass is 9.51. The maximum absolute atomic E-state index is 14.4. The molecule has 41 heavy (non-hydrogen) atoms. The Balaban J connectivity index is 1.18. The highest BCUT2D eigenvalue weighted by Gasteiger charge is 2.56. The van der Waals surface area contributed by atoms with Crippen molar-refractivity contribution in [3.8, 4) is 0 Å². The Morgan fingerprint density at radius 3 is 2.73 bits per heavy atom. The van der Waals surface area contributed by atoms with Gasteiger partial charge < -0.3 is 5.32 Å². The van der Waals surface area contributed by atoms with Gasteiger partial charge in [0.1, 0.15) is 0 Å². The van der Waals surface area contributed by atoms with Crippen LogP contribution in [0.2, 0.25) is 0 Å². The number of hydrogen-bond acceptors (Lipinski definition) is 7. The van der Waals surface area contributed by atoms with Gasteiger partial charge in [0.15, 0.2) is 0 Å². The molecule has 226 valence electrons. The van der Waals surface area contributed by atoms with Crippen LogP contribution in [-0.4, -0.2) is 68.9 Å². The lowest BCUT2D eigenvalue weighted by molar-refractivity contribution is -0.136. The average molecular weight is 594 g/mol. The highest BCUT2D eigenvalue weighted by atomic mass is 32.2. The van der Waals surface area contributed by atoms with E-state index in [1.54, 1.807) is 10.8 Å². The summed E-state index contributed by atoms with van der Waals surface area (Å²) < 4.78 is 46.1. The van der Waals surface area contributed by atoms with Crippen molar-refractivity contribution in [1.82, 2.24) is 34.9 Å². The number of pyridine rings is 1. The SMILES string of the molecule is CC1CC(C2CCCC(n3cc4c(C(F)(F)F)cc(CN5CCC6NCSC6C5)cn4c3=O)C2)(C2NNCN2C)C1. The van der Waals surface area contributed by atoms with Crippen molar-refractivity contribution >= 4 is 17.3 Å². The molecule has 5 unspecified atom stereocenters. The van der Waals surface area contributed by atoms with Gasteiger partial charge in [-0.3, -0.25) is 18.8 Å². The second-order valence-corrected chi connectivity index (χ2v) is 14.6. The van der Waals surface area contributed by atoms with Gasteiger partial charge in [0.25, 0.3) is 0 Å². The molecule has 5 atom stereocenters. The van der Waals surface area contributed by atoms with E-state index in [1.165, 1.54) is 16.7 Å². The molecule has 5 heterocycles. The smallest absolute Gasteiger partial charge is 0.304 e. The fourth-order valence-corrected chi connectivity index (χ4v) is 10.2. The fraction of sp³-hybridized carbons (Fsp3) is 0.759. The number of halogens is 3. The minimum atomic E-state index is -4.54. The van der Waals surface area contributed by atoms with Crippen LogP contribution in [0.25, 0.3) is 5.52 Å². The molecule has 5 fully saturated rings. The maximum atomic E-state index is 14.4. The zero-order valence-corrected chi connectivity index (χ0v) is 24.7. The molecular formula is C29H42F3N7OS. The van der Waals surface area contributed by atoms with Gasteiger partial charge in [-0.25, -0.2) is 15.6 Å². The molecule has 3 aliphatic heterocycles. The van der Waals surface area contributed by atoms with Gasteiger partial charge in [-0.1, -0.05) is 13.3 Å². The van der Waals surface area contributed by atoms with Crippen molar-refractivity contribution in [2.24, 2.45) is 17.3 Å². The maximum Gasteiger partial charge on any atom is 0.418 e. The predicted molar refractivity (Wildman–Crippen MR) is 154 cm³/mol. The molecule has 0 radical (unpaired) electrons. The van der Waals surface area contributed by atoms with Crippen LogP contribution in [0.15, 0.2) is 23.3 Å². The summed E-state index contributed by atoms with van der Waals surface area (Å²) in [4.78, 5) is 18.4. The van der Waals surface area contributed by atoms with Crippen LogP contribution < -0.4 is 21.9 Å². The van der Waals surface area contributed by atoms with Gasteiger partial charge in [0.05, 0.1) is 23.9 Å². The first-order valence-corrected chi connectivity index (χ1v) is 16.3. The molecule has 3 N–H and O–H groups in total. The highest BCUT2D eigenvalue weighted by molar-refractivity contribution is 8.00. The molecule has 2 aromatic rings. The molecule has 2 aromatic heterocycles. The summed E-state index contributed by atoms with van der Waals surface area (Å²) in [5, 5.41) is 3.97. The summed E-state index contributed by atoms with van der Waals surface area (Å²) in [6.07, 6.45) is 5.83. The number of alkyl halides is 3. The van der Waals surface area contributed by atoms with E-state index in [2.05, 4.69) is 39.9 Å². The second-order valence-electron chi connectivity index (χ2n) is 13.4. The number of nitrogens with zero attached hydrogens (tertiary/aromatic N) is 4. The minimum Gasteiger partial charge on any atom is -0.304 e. The normalized spacial score (nSPS) is 37.0. The Hall–Kier alpha value is -1.57. The van der Waals surface area contributed by atoms with Crippen molar-refractivity contribution in [3.63, 3.8) is 0 Å². The number of hydrazine groups is 1. The number of aromatic nitrogens is 2. The molecular weight excluding hydrogens is 551 g/mol. The average Bonchev–Trinajstić information content (AvgIpc) is 3.65. The predicted octanol–water partition coefficient (Wildman–Crippen LogP) is 3.83. The molecule has 12 heteroatoms. The lowest BCUT2D eigenvalue weighted by Gasteiger charge is -2.57.